The van der Waals surface area contributed by atoms with Crippen LogP contribution in [0, 0.1) is 10.1 Å². The zero-order valence-corrected chi connectivity index (χ0v) is 13.6. The number of rotatable bonds is 6. The molecule has 0 unspecified atom stereocenters. The van der Waals surface area contributed by atoms with Crippen molar-refractivity contribution in [2.45, 2.75) is 20.0 Å². The maximum absolute atomic E-state index is 12.5. The van der Waals surface area contributed by atoms with Gasteiger partial charge in [-0.25, -0.2) is 0 Å². The molecule has 1 amide bonds. The summed E-state index contributed by atoms with van der Waals surface area (Å²) in [6.07, 6.45) is -0.0761. The molecule has 0 aliphatic rings. The van der Waals surface area contributed by atoms with E-state index >= 15 is 0 Å². The second-order valence-corrected chi connectivity index (χ2v) is 5.26. The third-order valence-corrected chi connectivity index (χ3v) is 3.14. The largest absolute Gasteiger partial charge is 0.494 e. The van der Waals surface area contributed by atoms with Crippen molar-refractivity contribution in [3.63, 3.8) is 0 Å². The number of nitrogens with zero attached hydrogens (tertiary/aromatic N) is 1. The number of carbonyl (C=O) groups is 1. The number of hydrogen-bond acceptors (Lipinski definition) is 5. The lowest BCUT2D eigenvalue weighted by atomic mass is 10.1. The number of nitrogens with one attached hydrogen (secondary N) is 1. The van der Waals surface area contributed by atoms with Gasteiger partial charge in [-0.2, -0.15) is 0 Å². The third kappa shape index (κ3) is 4.01. The molecular formula is C17H18N2O5. The van der Waals surface area contributed by atoms with Crippen molar-refractivity contribution in [1.82, 2.24) is 0 Å². The van der Waals surface area contributed by atoms with Gasteiger partial charge in [-0.3, -0.25) is 14.9 Å². The number of hydrogen-bond donors (Lipinski definition) is 1. The van der Waals surface area contributed by atoms with Gasteiger partial charge in [0.1, 0.15) is 11.5 Å². The van der Waals surface area contributed by atoms with Crippen molar-refractivity contribution in [2.24, 2.45) is 0 Å². The van der Waals surface area contributed by atoms with E-state index in [0.717, 1.165) is 0 Å². The van der Waals surface area contributed by atoms with Gasteiger partial charge in [-0.1, -0.05) is 12.1 Å². The van der Waals surface area contributed by atoms with Crippen molar-refractivity contribution in [3.8, 4) is 11.5 Å². The number of nitro groups is 1. The fraction of sp³-hybridized carbons (Fsp3) is 0.235. The highest BCUT2D eigenvalue weighted by atomic mass is 16.6. The smallest absolute Gasteiger partial charge is 0.273 e. The predicted molar refractivity (Wildman–Crippen MR) is 89.8 cm³/mol. The number of carbonyl (C=O) groups excluding carboxylic acids is 1. The summed E-state index contributed by atoms with van der Waals surface area (Å²) in [5, 5.41) is 13.5. The molecule has 2 rings (SSSR count). The van der Waals surface area contributed by atoms with Crippen LogP contribution in [0.2, 0.25) is 0 Å². The van der Waals surface area contributed by atoms with Gasteiger partial charge < -0.3 is 14.8 Å². The highest BCUT2D eigenvalue weighted by molar-refractivity contribution is 6.07. The predicted octanol–water partition coefficient (Wildman–Crippen LogP) is 3.64. The maximum atomic E-state index is 12.5. The van der Waals surface area contributed by atoms with Crippen LogP contribution in [0.5, 0.6) is 11.5 Å². The molecule has 2 aromatic rings. The SMILES string of the molecule is COc1cc([N+](=O)[O-])ccc1NC(=O)c1ccccc1OC(C)C. The monoisotopic (exact) mass is 330 g/mol. The number of nitro benzene ring substituents is 1. The molecule has 0 radical (unpaired) electrons. The minimum atomic E-state index is -0.528. The average Bonchev–Trinajstić information content (AvgIpc) is 2.54. The van der Waals surface area contributed by atoms with Crippen molar-refractivity contribution in [2.75, 3.05) is 12.4 Å². The van der Waals surface area contributed by atoms with Crippen LogP contribution in [-0.2, 0) is 0 Å². The summed E-state index contributed by atoms with van der Waals surface area (Å²) in [5.41, 5.74) is 0.590. The molecule has 7 nitrogen and oxygen atoms in total. The molecule has 0 fully saturated rings. The van der Waals surface area contributed by atoms with E-state index in [2.05, 4.69) is 5.32 Å². The molecule has 0 aliphatic heterocycles. The number of methoxy groups -OCH3 is 1. The fourth-order valence-corrected chi connectivity index (χ4v) is 2.10. The van der Waals surface area contributed by atoms with Crippen molar-refractivity contribution in [3.05, 3.63) is 58.1 Å². The van der Waals surface area contributed by atoms with E-state index in [9.17, 15) is 14.9 Å². The summed E-state index contributed by atoms with van der Waals surface area (Å²) in [5.74, 6) is 0.282. The molecule has 126 valence electrons. The van der Waals surface area contributed by atoms with E-state index in [1.165, 1.54) is 25.3 Å². The van der Waals surface area contributed by atoms with Crippen LogP contribution >= 0.6 is 0 Å². The van der Waals surface area contributed by atoms with Crippen LogP contribution in [0.1, 0.15) is 24.2 Å². The molecule has 2 aromatic carbocycles. The Bertz CT molecular complexity index is 758. The van der Waals surface area contributed by atoms with Crippen LogP contribution < -0.4 is 14.8 Å². The van der Waals surface area contributed by atoms with E-state index in [-0.39, 0.29) is 17.5 Å². The van der Waals surface area contributed by atoms with Gasteiger partial charge in [-0.15, -0.1) is 0 Å². The standard InChI is InChI=1S/C17H18N2O5/c1-11(2)24-15-7-5-4-6-13(15)17(20)18-14-9-8-12(19(21)22)10-16(14)23-3/h4-11H,1-3H3,(H,18,20). The third-order valence-electron chi connectivity index (χ3n) is 3.14. The number of non-ortho nitro benzene ring substituents is 1. The summed E-state index contributed by atoms with van der Waals surface area (Å²) in [4.78, 5) is 22.8. The molecular weight excluding hydrogens is 312 g/mol. The van der Waals surface area contributed by atoms with Gasteiger partial charge in [0.15, 0.2) is 0 Å². The molecule has 7 heteroatoms. The summed E-state index contributed by atoms with van der Waals surface area (Å²) in [7, 11) is 1.38. The first kappa shape index (κ1) is 17.3. The summed E-state index contributed by atoms with van der Waals surface area (Å²) < 4.78 is 10.7. The Morgan fingerprint density at radius 2 is 1.88 bits per heavy atom. The van der Waals surface area contributed by atoms with E-state index < -0.39 is 10.8 Å². The lowest BCUT2D eigenvalue weighted by molar-refractivity contribution is -0.384. The molecule has 0 heterocycles. The van der Waals surface area contributed by atoms with E-state index in [0.29, 0.717) is 17.0 Å². The molecule has 24 heavy (non-hydrogen) atoms. The van der Waals surface area contributed by atoms with E-state index in [1.807, 2.05) is 13.8 Å². The quantitative estimate of drug-likeness (QED) is 0.645. The van der Waals surface area contributed by atoms with Gasteiger partial charge >= 0.3 is 0 Å². The zero-order valence-electron chi connectivity index (χ0n) is 13.6. The van der Waals surface area contributed by atoms with Crippen LogP contribution in [0.3, 0.4) is 0 Å². The molecule has 0 spiro atoms. The fourth-order valence-electron chi connectivity index (χ4n) is 2.10. The highest BCUT2D eigenvalue weighted by Crippen LogP contribution is 2.30. The van der Waals surface area contributed by atoms with Crippen molar-refractivity contribution in [1.29, 1.82) is 0 Å². The van der Waals surface area contributed by atoms with Crippen LogP contribution in [0.4, 0.5) is 11.4 Å². The summed E-state index contributed by atoms with van der Waals surface area (Å²) in [6.45, 7) is 3.74. The number of ether oxygens (including phenoxy) is 2. The Morgan fingerprint density at radius 3 is 2.50 bits per heavy atom. The second-order valence-electron chi connectivity index (χ2n) is 5.26. The molecule has 0 aliphatic carbocycles. The number of anilines is 1. The first-order valence-corrected chi connectivity index (χ1v) is 7.32. The molecule has 1 N–H and O–H groups in total. The zero-order chi connectivity index (χ0) is 17.7. The van der Waals surface area contributed by atoms with Gasteiger partial charge in [0.2, 0.25) is 0 Å². The average molecular weight is 330 g/mol. The Hall–Kier alpha value is -3.09. The normalized spacial score (nSPS) is 10.3. The van der Waals surface area contributed by atoms with Gasteiger partial charge in [0, 0.05) is 6.07 Å². The van der Waals surface area contributed by atoms with Crippen LogP contribution in [0.25, 0.3) is 0 Å². The summed E-state index contributed by atoms with van der Waals surface area (Å²) in [6, 6.07) is 10.9. The molecule has 0 atom stereocenters. The van der Waals surface area contributed by atoms with Gasteiger partial charge in [0.05, 0.1) is 35.5 Å². The molecule has 0 bridgehead atoms. The minimum Gasteiger partial charge on any atom is -0.494 e. The van der Waals surface area contributed by atoms with E-state index in [4.69, 9.17) is 9.47 Å². The number of para-hydroxylation sites is 1. The van der Waals surface area contributed by atoms with Crippen LogP contribution in [-0.4, -0.2) is 24.0 Å². The Labute approximate surface area is 139 Å². The highest BCUT2D eigenvalue weighted by Gasteiger charge is 2.17. The lowest BCUT2D eigenvalue weighted by Crippen LogP contribution is -2.16. The first-order chi connectivity index (χ1) is 11.4. The van der Waals surface area contributed by atoms with Crippen molar-refractivity contribution >= 4 is 17.3 Å². The number of amides is 1. The Morgan fingerprint density at radius 1 is 1.17 bits per heavy atom. The first-order valence-electron chi connectivity index (χ1n) is 7.32. The topological polar surface area (TPSA) is 90.7 Å². The van der Waals surface area contributed by atoms with E-state index in [1.54, 1.807) is 24.3 Å². The minimum absolute atomic E-state index is 0.0761. The lowest BCUT2D eigenvalue weighted by Gasteiger charge is -2.15. The van der Waals surface area contributed by atoms with Gasteiger partial charge in [0.25, 0.3) is 11.6 Å². The van der Waals surface area contributed by atoms with Gasteiger partial charge in [-0.05, 0) is 32.0 Å². The second kappa shape index (κ2) is 7.45. The van der Waals surface area contributed by atoms with Crippen molar-refractivity contribution < 1.29 is 19.2 Å². The maximum Gasteiger partial charge on any atom is 0.273 e. The Balaban J connectivity index is 2.29. The number of benzene rings is 2. The summed E-state index contributed by atoms with van der Waals surface area (Å²) >= 11 is 0. The van der Waals surface area contributed by atoms with Crippen LogP contribution in [0.15, 0.2) is 42.5 Å². The Kier molecular flexibility index (Phi) is 5.36. The molecule has 0 saturated heterocycles. The molecule has 0 aromatic heterocycles. The molecule has 0 saturated carbocycles.